The van der Waals surface area contributed by atoms with Crippen LogP contribution in [-0.4, -0.2) is 10.7 Å². The highest BCUT2D eigenvalue weighted by atomic mass is 35.5. The quantitative estimate of drug-likeness (QED) is 0.375. The summed E-state index contributed by atoms with van der Waals surface area (Å²) in [5.74, 6) is 0.610. The molecule has 0 unspecified atom stereocenters. The van der Waals surface area contributed by atoms with E-state index in [0.717, 1.165) is 22.4 Å². The Morgan fingerprint density at radius 3 is 2.33 bits per heavy atom. The Balaban J connectivity index is 1.64. The predicted octanol–water partition coefficient (Wildman–Crippen LogP) is 7.85. The molecule has 0 spiro atoms. The van der Waals surface area contributed by atoms with Crippen LogP contribution in [0.5, 0.6) is 5.75 Å². The van der Waals surface area contributed by atoms with Crippen molar-refractivity contribution in [3.05, 3.63) is 96.9 Å². The van der Waals surface area contributed by atoms with E-state index in [-0.39, 0.29) is 6.04 Å². The number of fused-ring (bicyclic) bond motifs is 3. The maximum Gasteiger partial charge on any atom is 0.215 e. The molecule has 0 bridgehead atoms. The molecule has 2 aliphatic rings. The second-order valence-corrected chi connectivity index (χ2v) is 9.14. The summed E-state index contributed by atoms with van der Waals surface area (Å²) in [5.41, 5.74) is 4.94. The van der Waals surface area contributed by atoms with Gasteiger partial charge < -0.3 is 4.74 Å². The fraction of sp³-hybridized carbons (Fsp3) is 0.174. The molecular weight excluding hydrogens is 462 g/mol. The largest absolute Gasteiger partial charge is 0.463 e. The van der Waals surface area contributed by atoms with Crippen molar-refractivity contribution < 1.29 is 4.74 Å². The van der Waals surface area contributed by atoms with Crippen molar-refractivity contribution in [2.45, 2.75) is 25.6 Å². The van der Waals surface area contributed by atoms with Crippen molar-refractivity contribution in [1.82, 2.24) is 5.01 Å². The molecule has 0 aliphatic carbocycles. The Morgan fingerprint density at radius 2 is 1.60 bits per heavy atom. The fourth-order valence-corrected chi connectivity index (χ4v) is 5.00. The molecule has 0 aromatic heterocycles. The first-order valence-electron chi connectivity index (χ1n) is 9.44. The summed E-state index contributed by atoms with van der Waals surface area (Å²) in [4.78, 5) is 0. The summed E-state index contributed by atoms with van der Waals surface area (Å²) < 4.78 is 6.34. The zero-order chi connectivity index (χ0) is 21.0. The van der Waals surface area contributed by atoms with Gasteiger partial charge in [0.2, 0.25) is 6.23 Å². The van der Waals surface area contributed by atoms with Crippen molar-refractivity contribution in [1.29, 1.82) is 0 Å². The molecule has 2 heterocycles. The first-order valence-corrected chi connectivity index (χ1v) is 11.0. The van der Waals surface area contributed by atoms with Gasteiger partial charge in [-0.1, -0.05) is 82.3 Å². The van der Waals surface area contributed by atoms with Gasteiger partial charge in [-0.3, -0.25) is 0 Å². The Morgan fingerprint density at radius 1 is 0.867 bits per heavy atom. The first kappa shape index (κ1) is 20.0. The average Bonchev–Trinajstić information content (AvgIpc) is 3.14. The molecular formula is C23H16Cl4N2O. The van der Waals surface area contributed by atoms with Crippen LogP contribution in [0.4, 0.5) is 0 Å². The Hall–Kier alpha value is -1.91. The van der Waals surface area contributed by atoms with Crippen molar-refractivity contribution in [2.75, 3.05) is 0 Å². The Labute approximate surface area is 194 Å². The molecule has 0 saturated heterocycles. The van der Waals surface area contributed by atoms with Gasteiger partial charge in [0.25, 0.3) is 0 Å². The van der Waals surface area contributed by atoms with Crippen molar-refractivity contribution in [2.24, 2.45) is 5.10 Å². The normalized spacial score (nSPS) is 19.8. The van der Waals surface area contributed by atoms with Crippen LogP contribution >= 0.6 is 46.4 Å². The van der Waals surface area contributed by atoms with E-state index in [1.807, 2.05) is 17.1 Å². The number of halogens is 4. The van der Waals surface area contributed by atoms with Crippen LogP contribution in [0.1, 0.15) is 40.9 Å². The highest BCUT2D eigenvalue weighted by molar-refractivity contribution is 6.36. The van der Waals surface area contributed by atoms with E-state index in [1.54, 1.807) is 18.2 Å². The molecule has 0 radical (unpaired) electrons. The van der Waals surface area contributed by atoms with Gasteiger partial charge in [0.1, 0.15) is 5.75 Å². The number of hydrogen-bond donors (Lipinski definition) is 0. The molecule has 0 amide bonds. The smallest absolute Gasteiger partial charge is 0.215 e. The third-order valence-electron chi connectivity index (χ3n) is 5.42. The predicted molar refractivity (Wildman–Crippen MR) is 123 cm³/mol. The third-order valence-corrected chi connectivity index (χ3v) is 6.48. The highest BCUT2D eigenvalue weighted by Crippen LogP contribution is 2.51. The molecule has 0 fully saturated rings. The van der Waals surface area contributed by atoms with Crippen LogP contribution in [0, 0.1) is 6.92 Å². The lowest BCUT2D eigenvalue weighted by Gasteiger charge is -2.39. The summed E-state index contributed by atoms with van der Waals surface area (Å²) in [6.07, 6.45) is 0.173. The zero-order valence-electron chi connectivity index (χ0n) is 15.9. The summed E-state index contributed by atoms with van der Waals surface area (Å²) >= 11 is 25.4. The maximum absolute atomic E-state index is 6.52. The topological polar surface area (TPSA) is 24.8 Å². The summed E-state index contributed by atoms with van der Waals surface area (Å²) in [5, 5.41) is 8.99. The van der Waals surface area contributed by atoms with Gasteiger partial charge >= 0.3 is 0 Å². The Kier molecular flexibility index (Phi) is 5.11. The van der Waals surface area contributed by atoms with Crippen molar-refractivity contribution in [3.63, 3.8) is 0 Å². The first-order chi connectivity index (χ1) is 14.4. The monoisotopic (exact) mass is 476 g/mol. The standard InChI is InChI=1S/C23H16Cl4N2O/c1-12-2-4-13(5-3-12)20-11-21-17-8-15(25)10-19(27)22(17)30-23(29(21)28-20)16-7-6-14(24)9-18(16)26/h2-10,21,23H,11H2,1H3/t21-,23-/m0/s1. The molecule has 3 nitrogen and oxygen atoms in total. The minimum atomic E-state index is -0.533. The summed E-state index contributed by atoms with van der Waals surface area (Å²) in [6, 6.07) is 17.2. The number of hydrazone groups is 1. The van der Waals surface area contributed by atoms with Crippen molar-refractivity contribution in [3.8, 4) is 5.75 Å². The lowest BCUT2D eigenvalue weighted by Crippen LogP contribution is -2.34. The van der Waals surface area contributed by atoms with Crippen molar-refractivity contribution >= 4 is 52.1 Å². The lowest BCUT2D eigenvalue weighted by molar-refractivity contribution is -0.0188. The average molecular weight is 478 g/mol. The van der Waals surface area contributed by atoms with Gasteiger partial charge in [0, 0.05) is 27.6 Å². The number of benzene rings is 3. The van der Waals surface area contributed by atoms with Gasteiger partial charge in [0.15, 0.2) is 0 Å². The van der Waals surface area contributed by atoms with Crippen LogP contribution < -0.4 is 4.74 Å². The second-order valence-electron chi connectivity index (χ2n) is 7.45. The zero-order valence-corrected chi connectivity index (χ0v) is 18.9. The van der Waals surface area contributed by atoms with Crippen LogP contribution in [0.25, 0.3) is 0 Å². The molecule has 0 N–H and O–H groups in total. The van der Waals surface area contributed by atoms with Gasteiger partial charge in [-0.15, -0.1) is 0 Å². The molecule has 7 heteroatoms. The number of ether oxygens (including phenoxy) is 1. The lowest BCUT2D eigenvalue weighted by atomic mass is 9.95. The van der Waals surface area contributed by atoms with E-state index in [1.165, 1.54) is 5.56 Å². The molecule has 3 aromatic carbocycles. The molecule has 2 atom stereocenters. The van der Waals surface area contributed by atoms with E-state index < -0.39 is 6.23 Å². The van der Waals surface area contributed by atoms with Crippen LogP contribution in [0.15, 0.2) is 59.7 Å². The van der Waals surface area contributed by atoms with Crippen LogP contribution in [-0.2, 0) is 0 Å². The number of nitrogens with zero attached hydrogens (tertiary/aromatic N) is 2. The summed E-state index contributed by atoms with van der Waals surface area (Å²) in [6.45, 7) is 2.07. The third kappa shape index (κ3) is 3.44. The summed E-state index contributed by atoms with van der Waals surface area (Å²) in [7, 11) is 0. The van der Waals surface area contributed by atoms with E-state index in [4.69, 9.17) is 56.2 Å². The SMILES string of the molecule is Cc1ccc(C2=NN3[C@@H](C2)c2cc(Cl)cc(Cl)c2O[C@H]3c2ccc(Cl)cc2Cl)cc1. The fourth-order valence-electron chi connectivity index (χ4n) is 3.94. The minimum Gasteiger partial charge on any atom is -0.463 e. The maximum atomic E-state index is 6.52. The number of hydrogen-bond acceptors (Lipinski definition) is 3. The van der Waals surface area contributed by atoms with Crippen LogP contribution in [0.3, 0.4) is 0 Å². The molecule has 30 heavy (non-hydrogen) atoms. The van der Waals surface area contributed by atoms with Crippen LogP contribution in [0.2, 0.25) is 20.1 Å². The van der Waals surface area contributed by atoms with E-state index in [9.17, 15) is 0 Å². The van der Waals surface area contributed by atoms with Gasteiger partial charge in [-0.05, 0) is 36.8 Å². The highest BCUT2D eigenvalue weighted by Gasteiger charge is 2.42. The molecule has 2 aliphatic heterocycles. The van der Waals surface area contributed by atoms with E-state index in [2.05, 4.69) is 31.2 Å². The van der Waals surface area contributed by atoms with Gasteiger partial charge in [-0.25, -0.2) is 5.01 Å². The van der Waals surface area contributed by atoms with E-state index in [0.29, 0.717) is 32.3 Å². The molecule has 0 saturated carbocycles. The second kappa shape index (κ2) is 7.65. The number of rotatable bonds is 2. The number of aryl methyl sites for hydroxylation is 1. The molecule has 5 rings (SSSR count). The molecule has 3 aromatic rings. The van der Waals surface area contributed by atoms with E-state index >= 15 is 0 Å². The minimum absolute atomic E-state index is 0.0713. The van der Waals surface area contributed by atoms with Gasteiger partial charge in [0.05, 0.1) is 21.8 Å². The van der Waals surface area contributed by atoms with Gasteiger partial charge in [-0.2, -0.15) is 5.10 Å². The Bertz CT molecular complexity index is 1180. The molecule has 152 valence electrons.